The smallest absolute Gasteiger partial charge is 0.373 e. The molecule has 1 N–H and O–H groups in total. The summed E-state index contributed by atoms with van der Waals surface area (Å²) in [5, 5.41) is 2.60. The van der Waals surface area contributed by atoms with Crippen LogP contribution in [-0.2, 0) is 6.18 Å². The van der Waals surface area contributed by atoms with E-state index >= 15 is 0 Å². The van der Waals surface area contributed by atoms with Crippen molar-refractivity contribution in [2.24, 2.45) is 0 Å². The van der Waals surface area contributed by atoms with Crippen LogP contribution in [0.4, 0.5) is 19.0 Å². The monoisotopic (exact) mass is 190 g/mol. The highest BCUT2D eigenvalue weighted by atomic mass is 19.4. The van der Waals surface area contributed by atoms with Crippen LogP contribution < -0.4 is 5.32 Å². The molecule has 13 heavy (non-hydrogen) atoms. The number of alkyl halides is 3. The summed E-state index contributed by atoms with van der Waals surface area (Å²) >= 11 is 0. The highest BCUT2D eigenvalue weighted by Gasteiger charge is 2.32. The van der Waals surface area contributed by atoms with E-state index in [2.05, 4.69) is 10.3 Å². The molecule has 0 saturated heterocycles. The number of nitrogens with zero attached hydrogens (tertiary/aromatic N) is 1. The third kappa shape index (κ3) is 2.11. The SMILES string of the molecule is CNc1nc(C(F)(F)F)ccc1C. The van der Waals surface area contributed by atoms with Gasteiger partial charge in [0.15, 0.2) is 0 Å². The first kappa shape index (κ1) is 9.83. The standard InChI is InChI=1S/C8H9F3N2/c1-5-3-4-6(8(9,10)11)13-7(5)12-2/h3-4H,1-2H3,(H,12,13). The maximum Gasteiger partial charge on any atom is 0.433 e. The zero-order chi connectivity index (χ0) is 10.1. The highest BCUT2D eigenvalue weighted by molar-refractivity contribution is 5.43. The maximum absolute atomic E-state index is 12.1. The molecule has 0 amide bonds. The van der Waals surface area contributed by atoms with Crippen LogP contribution in [0, 0.1) is 6.92 Å². The molecule has 0 fully saturated rings. The number of anilines is 1. The zero-order valence-electron chi connectivity index (χ0n) is 7.24. The summed E-state index contributed by atoms with van der Waals surface area (Å²) in [5.41, 5.74) is -0.182. The molecule has 0 aromatic carbocycles. The Bertz CT molecular complexity index is 307. The summed E-state index contributed by atoms with van der Waals surface area (Å²) in [4.78, 5) is 3.43. The van der Waals surface area contributed by atoms with Gasteiger partial charge in [0.1, 0.15) is 11.5 Å². The Morgan fingerprint density at radius 1 is 1.31 bits per heavy atom. The normalized spacial score (nSPS) is 11.5. The van der Waals surface area contributed by atoms with E-state index in [1.54, 1.807) is 6.92 Å². The first-order valence-electron chi connectivity index (χ1n) is 3.67. The van der Waals surface area contributed by atoms with Crippen LogP contribution in [0.15, 0.2) is 12.1 Å². The predicted molar refractivity (Wildman–Crippen MR) is 43.5 cm³/mol. The fourth-order valence-corrected chi connectivity index (χ4v) is 0.940. The lowest BCUT2D eigenvalue weighted by Gasteiger charge is -2.09. The molecule has 0 aliphatic carbocycles. The molecule has 0 aliphatic heterocycles. The van der Waals surface area contributed by atoms with Crippen molar-refractivity contribution in [1.82, 2.24) is 4.98 Å². The quantitative estimate of drug-likeness (QED) is 0.735. The molecule has 5 heteroatoms. The fourth-order valence-electron chi connectivity index (χ4n) is 0.940. The first-order chi connectivity index (χ1) is 5.95. The molecule has 72 valence electrons. The molecule has 1 aromatic rings. The van der Waals surface area contributed by atoms with Gasteiger partial charge in [-0.3, -0.25) is 0 Å². The minimum absolute atomic E-state index is 0.259. The van der Waals surface area contributed by atoms with Crippen LogP contribution in [0.25, 0.3) is 0 Å². The summed E-state index contributed by atoms with van der Waals surface area (Å²) in [6.07, 6.45) is -4.38. The predicted octanol–water partition coefficient (Wildman–Crippen LogP) is 2.45. The molecule has 0 radical (unpaired) electrons. The van der Waals surface area contributed by atoms with Gasteiger partial charge in [-0.2, -0.15) is 13.2 Å². The summed E-state index contributed by atoms with van der Waals surface area (Å²) < 4.78 is 36.4. The van der Waals surface area contributed by atoms with Crippen LogP contribution in [0.2, 0.25) is 0 Å². The lowest BCUT2D eigenvalue weighted by molar-refractivity contribution is -0.141. The number of pyridine rings is 1. The van der Waals surface area contributed by atoms with Crippen molar-refractivity contribution in [3.8, 4) is 0 Å². The number of hydrogen-bond acceptors (Lipinski definition) is 2. The Balaban J connectivity index is 3.14. The molecule has 1 aromatic heterocycles. The van der Waals surface area contributed by atoms with Crippen molar-refractivity contribution in [2.45, 2.75) is 13.1 Å². The van der Waals surface area contributed by atoms with Crippen molar-refractivity contribution >= 4 is 5.82 Å². The van der Waals surface area contributed by atoms with Crippen molar-refractivity contribution in [3.63, 3.8) is 0 Å². The molecule has 0 saturated carbocycles. The van der Waals surface area contributed by atoms with E-state index < -0.39 is 11.9 Å². The molecular formula is C8H9F3N2. The number of nitrogens with one attached hydrogen (secondary N) is 1. The molecule has 0 spiro atoms. The summed E-state index contributed by atoms with van der Waals surface area (Å²) in [7, 11) is 1.54. The van der Waals surface area contributed by atoms with Gasteiger partial charge in [0.25, 0.3) is 0 Å². The molecule has 0 atom stereocenters. The van der Waals surface area contributed by atoms with E-state index in [1.165, 1.54) is 13.1 Å². The van der Waals surface area contributed by atoms with Crippen molar-refractivity contribution in [1.29, 1.82) is 0 Å². The van der Waals surface area contributed by atoms with E-state index in [1.807, 2.05) is 0 Å². The lowest BCUT2D eigenvalue weighted by Crippen LogP contribution is -2.09. The summed E-state index contributed by atoms with van der Waals surface area (Å²) in [6, 6.07) is 2.36. The largest absolute Gasteiger partial charge is 0.433 e. The Hall–Kier alpha value is -1.26. The van der Waals surface area contributed by atoms with E-state index in [9.17, 15) is 13.2 Å². The van der Waals surface area contributed by atoms with Crippen LogP contribution in [-0.4, -0.2) is 12.0 Å². The van der Waals surface area contributed by atoms with E-state index in [0.29, 0.717) is 5.56 Å². The van der Waals surface area contributed by atoms with Gasteiger partial charge >= 0.3 is 6.18 Å². The van der Waals surface area contributed by atoms with Gasteiger partial charge in [-0.1, -0.05) is 6.07 Å². The average Bonchev–Trinajstić information content (AvgIpc) is 2.03. The van der Waals surface area contributed by atoms with Gasteiger partial charge in [-0.05, 0) is 18.6 Å². The number of halogens is 3. The van der Waals surface area contributed by atoms with Gasteiger partial charge in [0, 0.05) is 7.05 Å². The Labute approximate surface area is 73.8 Å². The second-order valence-electron chi connectivity index (χ2n) is 2.61. The van der Waals surface area contributed by atoms with Gasteiger partial charge < -0.3 is 5.32 Å². The van der Waals surface area contributed by atoms with Crippen LogP contribution in [0.5, 0.6) is 0 Å². The summed E-state index contributed by atoms with van der Waals surface area (Å²) in [6.45, 7) is 1.69. The lowest BCUT2D eigenvalue weighted by atomic mass is 10.2. The van der Waals surface area contributed by atoms with E-state index in [0.717, 1.165) is 6.07 Å². The fraction of sp³-hybridized carbons (Fsp3) is 0.375. The number of hydrogen-bond donors (Lipinski definition) is 1. The molecule has 2 nitrogen and oxygen atoms in total. The molecular weight excluding hydrogens is 181 g/mol. The second kappa shape index (κ2) is 3.24. The third-order valence-corrected chi connectivity index (χ3v) is 1.62. The van der Waals surface area contributed by atoms with E-state index in [-0.39, 0.29) is 5.82 Å². The second-order valence-corrected chi connectivity index (χ2v) is 2.61. The van der Waals surface area contributed by atoms with Crippen LogP contribution in [0.3, 0.4) is 0 Å². The van der Waals surface area contributed by atoms with Crippen molar-refractivity contribution in [3.05, 3.63) is 23.4 Å². The number of rotatable bonds is 1. The molecule has 1 heterocycles. The Morgan fingerprint density at radius 2 is 1.92 bits per heavy atom. The Kier molecular flexibility index (Phi) is 2.45. The average molecular weight is 190 g/mol. The van der Waals surface area contributed by atoms with E-state index in [4.69, 9.17) is 0 Å². The number of aryl methyl sites for hydroxylation is 1. The summed E-state index contributed by atoms with van der Waals surface area (Å²) in [5.74, 6) is 0.259. The topological polar surface area (TPSA) is 24.9 Å². The first-order valence-corrected chi connectivity index (χ1v) is 3.67. The minimum Gasteiger partial charge on any atom is -0.373 e. The highest BCUT2D eigenvalue weighted by Crippen LogP contribution is 2.28. The number of aromatic nitrogens is 1. The molecule has 0 bridgehead atoms. The molecule has 0 aliphatic rings. The van der Waals surface area contributed by atoms with Crippen molar-refractivity contribution in [2.75, 3.05) is 12.4 Å². The van der Waals surface area contributed by atoms with Crippen molar-refractivity contribution < 1.29 is 13.2 Å². The zero-order valence-corrected chi connectivity index (χ0v) is 7.24. The van der Waals surface area contributed by atoms with Crippen LogP contribution in [0.1, 0.15) is 11.3 Å². The van der Waals surface area contributed by atoms with Gasteiger partial charge in [0.05, 0.1) is 0 Å². The van der Waals surface area contributed by atoms with Gasteiger partial charge in [0.2, 0.25) is 0 Å². The third-order valence-electron chi connectivity index (χ3n) is 1.62. The van der Waals surface area contributed by atoms with Gasteiger partial charge in [-0.25, -0.2) is 4.98 Å². The maximum atomic E-state index is 12.1. The van der Waals surface area contributed by atoms with Crippen LogP contribution >= 0.6 is 0 Å². The molecule has 0 unspecified atom stereocenters. The van der Waals surface area contributed by atoms with Gasteiger partial charge in [-0.15, -0.1) is 0 Å². The Morgan fingerprint density at radius 3 is 2.38 bits per heavy atom. The minimum atomic E-state index is -4.38. The molecule has 1 rings (SSSR count).